The number of esters is 1. The molecular weight excluding hydrogens is 298 g/mol. The summed E-state index contributed by atoms with van der Waals surface area (Å²) in [5.41, 5.74) is 1.45. The van der Waals surface area contributed by atoms with E-state index in [9.17, 15) is 14.9 Å². The van der Waals surface area contributed by atoms with Gasteiger partial charge >= 0.3 is 12.0 Å². The molecular formula is C14H16ClNO5. The summed E-state index contributed by atoms with van der Waals surface area (Å²) in [6.45, 7) is 1.71. The second-order valence-electron chi connectivity index (χ2n) is 4.83. The lowest BCUT2D eigenvalue weighted by atomic mass is 9.79. The average Bonchev–Trinajstić information content (AvgIpc) is 2.40. The Bertz CT molecular complexity index is 562. The Balaban J connectivity index is 2.40. The van der Waals surface area contributed by atoms with Crippen molar-refractivity contribution in [2.75, 3.05) is 13.7 Å². The van der Waals surface area contributed by atoms with E-state index in [1.54, 1.807) is 19.1 Å². The summed E-state index contributed by atoms with van der Waals surface area (Å²) in [7, 11) is 1.45. The van der Waals surface area contributed by atoms with Crippen LogP contribution >= 0.6 is 11.6 Å². The van der Waals surface area contributed by atoms with Crippen molar-refractivity contribution in [1.29, 1.82) is 0 Å². The van der Waals surface area contributed by atoms with E-state index < -0.39 is 29.0 Å². The number of hydrogen-bond donors (Lipinski definition) is 0. The molecule has 21 heavy (non-hydrogen) atoms. The fourth-order valence-electron chi connectivity index (χ4n) is 2.79. The standard InChI is InChI=1S/C14H16ClNO5/c1-3-21-14(17)12(16(18)19)10-7-8-5-4-6-9(11(8)15)13(10)20-2/h4-6,10,12-13H,3,7H2,1-2H3. The van der Waals surface area contributed by atoms with Crippen LogP contribution in [0.4, 0.5) is 0 Å². The van der Waals surface area contributed by atoms with Crippen LogP contribution in [0, 0.1) is 16.0 Å². The minimum atomic E-state index is -1.47. The van der Waals surface area contributed by atoms with Gasteiger partial charge in [-0.3, -0.25) is 10.1 Å². The molecule has 1 aromatic rings. The van der Waals surface area contributed by atoms with Crippen molar-refractivity contribution in [3.8, 4) is 0 Å². The first-order valence-electron chi connectivity index (χ1n) is 6.61. The van der Waals surface area contributed by atoms with Gasteiger partial charge in [0.1, 0.15) is 0 Å². The van der Waals surface area contributed by atoms with Crippen molar-refractivity contribution in [2.45, 2.75) is 25.5 Å². The normalized spacial score (nSPS) is 21.7. The van der Waals surface area contributed by atoms with Gasteiger partial charge in [-0.15, -0.1) is 0 Å². The number of methoxy groups -OCH3 is 1. The second-order valence-corrected chi connectivity index (χ2v) is 5.20. The molecule has 3 unspecified atom stereocenters. The van der Waals surface area contributed by atoms with Gasteiger partial charge in [0.25, 0.3) is 0 Å². The quantitative estimate of drug-likeness (QED) is 0.474. The Morgan fingerprint density at radius 1 is 1.57 bits per heavy atom. The van der Waals surface area contributed by atoms with Crippen LogP contribution in [0.3, 0.4) is 0 Å². The minimum Gasteiger partial charge on any atom is -0.461 e. The maximum atomic E-state index is 11.9. The van der Waals surface area contributed by atoms with Crippen LogP contribution in [0.5, 0.6) is 0 Å². The molecule has 0 amide bonds. The Hall–Kier alpha value is -1.66. The minimum absolute atomic E-state index is 0.0968. The summed E-state index contributed by atoms with van der Waals surface area (Å²) in [5, 5.41) is 11.9. The van der Waals surface area contributed by atoms with Gasteiger partial charge in [0.15, 0.2) is 0 Å². The van der Waals surface area contributed by atoms with E-state index in [2.05, 4.69) is 0 Å². The van der Waals surface area contributed by atoms with E-state index >= 15 is 0 Å². The number of ether oxygens (including phenoxy) is 2. The summed E-state index contributed by atoms with van der Waals surface area (Å²) < 4.78 is 10.2. The number of carbonyl (C=O) groups is 1. The van der Waals surface area contributed by atoms with Gasteiger partial charge in [0.2, 0.25) is 0 Å². The molecule has 2 bridgehead atoms. The van der Waals surface area contributed by atoms with Gasteiger partial charge in [-0.1, -0.05) is 29.8 Å². The van der Waals surface area contributed by atoms with E-state index in [0.717, 1.165) is 5.56 Å². The molecule has 3 atom stereocenters. The Morgan fingerprint density at radius 3 is 2.86 bits per heavy atom. The fourth-order valence-corrected chi connectivity index (χ4v) is 3.10. The fraction of sp³-hybridized carbons (Fsp3) is 0.500. The van der Waals surface area contributed by atoms with E-state index in [0.29, 0.717) is 17.0 Å². The van der Waals surface area contributed by atoms with Crippen LogP contribution in [0.25, 0.3) is 0 Å². The molecule has 0 spiro atoms. The lowest BCUT2D eigenvalue weighted by molar-refractivity contribution is -0.522. The number of nitrogens with zero attached hydrogens (tertiary/aromatic N) is 1. The maximum absolute atomic E-state index is 11.9. The zero-order chi connectivity index (χ0) is 15.6. The molecule has 7 heteroatoms. The molecule has 0 fully saturated rings. The highest BCUT2D eigenvalue weighted by Gasteiger charge is 2.47. The van der Waals surface area contributed by atoms with E-state index in [1.165, 1.54) is 7.11 Å². The predicted octanol–water partition coefficient (Wildman–Crippen LogP) is 2.41. The Labute approximate surface area is 127 Å². The Morgan fingerprint density at radius 2 is 2.29 bits per heavy atom. The predicted molar refractivity (Wildman–Crippen MR) is 75.8 cm³/mol. The molecule has 0 saturated carbocycles. The molecule has 1 aliphatic rings. The van der Waals surface area contributed by atoms with Crippen LogP contribution in [-0.4, -0.2) is 30.7 Å². The first kappa shape index (κ1) is 15.7. The largest absolute Gasteiger partial charge is 0.461 e. The number of fused-ring (bicyclic) bond motifs is 2. The third-order valence-electron chi connectivity index (χ3n) is 3.67. The van der Waals surface area contributed by atoms with Crippen molar-refractivity contribution < 1.29 is 19.2 Å². The lowest BCUT2D eigenvalue weighted by Crippen LogP contribution is -2.44. The summed E-state index contributed by atoms with van der Waals surface area (Å²) >= 11 is 6.24. The van der Waals surface area contributed by atoms with Gasteiger partial charge in [0.05, 0.1) is 18.6 Å². The zero-order valence-electron chi connectivity index (χ0n) is 11.7. The molecule has 1 aromatic carbocycles. The highest BCUT2D eigenvalue weighted by molar-refractivity contribution is 6.32. The SMILES string of the molecule is CCOC(=O)C(C1Cc2cccc(c2Cl)C1OC)[N+](=O)[O-]. The van der Waals surface area contributed by atoms with Crippen molar-refractivity contribution >= 4 is 17.6 Å². The van der Waals surface area contributed by atoms with Crippen molar-refractivity contribution in [3.05, 3.63) is 44.5 Å². The first-order valence-corrected chi connectivity index (χ1v) is 6.99. The molecule has 6 nitrogen and oxygen atoms in total. The van der Waals surface area contributed by atoms with Crippen LogP contribution in [-0.2, 0) is 20.7 Å². The topological polar surface area (TPSA) is 78.7 Å². The van der Waals surface area contributed by atoms with Gasteiger partial charge in [-0.05, 0) is 18.9 Å². The van der Waals surface area contributed by atoms with Crippen LogP contribution in [0.1, 0.15) is 24.2 Å². The molecule has 114 valence electrons. The molecule has 0 N–H and O–H groups in total. The van der Waals surface area contributed by atoms with Gasteiger partial charge in [-0.25, -0.2) is 4.79 Å². The summed E-state index contributed by atoms with van der Waals surface area (Å²) in [4.78, 5) is 22.7. The van der Waals surface area contributed by atoms with Crippen LogP contribution in [0.15, 0.2) is 18.2 Å². The summed E-state index contributed by atoms with van der Waals surface area (Å²) in [6.07, 6.45) is -0.304. The molecule has 1 aliphatic carbocycles. The van der Waals surface area contributed by atoms with Crippen LogP contribution in [0.2, 0.25) is 5.02 Å². The highest BCUT2D eigenvalue weighted by atomic mass is 35.5. The average molecular weight is 314 g/mol. The van der Waals surface area contributed by atoms with E-state index in [1.807, 2.05) is 6.07 Å². The molecule has 0 aliphatic heterocycles. The second kappa shape index (κ2) is 6.41. The summed E-state index contributed by atoms with van der Waals surface area (Å²) in [6, 6.07) is 3.91. The number of hydrogen-bond acceptors (Lipinski definition) is 5. The third-order valence-corrected chi connectivity index (χ3v) is 4.14. The smallest absolute Gasteiger partial charge is 0.382 e. The van der Waals surface area contributed by atoms with Gasteiger partial charge in [0, 0.05) is 22.6 Å². The van der Waals surface area contributed by atoms with E-state index in [4.69, 9.17) is 21.1 Å². The van der Waals surface area contributed by atoms with Gasteiger partial charge < -0.3 is 9.47 Å². The number of halogens is 1. The number of benzene rings is 1. The summed E-state index contributed by atoms with van der Waals surface area (Å²) in [5.74, 6) is -1.48. The van der Waals surface area contributed by atoms with E-state index in [-0.39, 0.29) is 6.61 Å². The number of rotatable bonds is 5. The van der Waals surface area contributed by atoms with Crippen LogP contribution < -0.4 is 0 Å². The van der Waals surface area contributed by atoms with Crippen molar-refractivity contribution in [1.82, 2.24) is 0 Å². The molecule has 0 heterocycles. The zero-order valence-corrected chi connectivity index (χ0v) is 12.5. The highest BCUT2D eigenvalue weighted by Crippen LogP contribution is 2.42. The molecule has 2 rings (SSSR count). The monoisotopic (exact) mass is 313 g/mol. The number of nitro groups is 1. The number of carbonyl (C=O) groups excluding carboxylic acids is 1. The maximum Gasteiger partial charge on any atom is 0.382 e. The molecule has 0 saturated heterocycles. The third kappa shape index (κ3) is 2.87. The first-order chi connectivity index (χ1) is 10.0. The van der Waals surface area contributed by atoms with Crippen molar-refractivity contribution in [2.24, 2.45) is 5.92 Å². The van der Waals surface area contributed by atoms with Gasteiger partial charge in [-0.2, -0.15) is 0 Å². The van der Waals surface area contributed by atoms with Crippen molar-refractivity contribution in [3.63, 3.8) is 0 Å². The molecule has 0 aromatic heterocycles. The lowest BCUT2D eigenvalue weighted by Gasteiger charge is -2.32. The Kier molecular flexibility index (Phi) is 4.80. The molecule has 0 radical (unpaired) electrons.